The van der Waals surface area contributed by atoms with Gasteiger partial charge in [0.15, 0.2) is 0 Å². The molecule has 0 aliphatic rings. The summed E-state index contributed by atoms with van der Waals surface area (Å²) < 4.78 is 4.82. The van der Waals surface area contributed by atoms with Gasteiger partial charge in [0.2, 0.25) is 6.33 Å². The highest BCUT2D eigenvalue weighted by molar-refractivity contribution is 4.66. The van der Waals surface area contributed by atoms with Crippen molar-refractivity contribution in [2.75, 3.05) is 0 Å². The van der Waals surface area contributed by atoms with E-state index in [2.05, 4.69) is 48.6 Å². The molecule has 0 N–H and O–H groups in total. The van der Waals surface area contributed by atoms with Crippen molar-refractivity contribution >= 4 is 0 Å². The SMILES string of the molecule is CCCCCCCCCCCCCCCCn1cc[n+](CCCCCCCCCCCCCCCCC(C)C)c1. The van der Waals surface area contributed by atoms with E-state index in [1.165, 1.54) is 199 Å². The largest absolute Gasteiger partial charge is 0.243 e. The molecule has 0 spiro atoms. The molecule has 40 heavy (non-hydrogen) atoms. The molecule has 0 amide bonds. The highest BCUT2D eigenvalue weighted by atomic mass is 15.1. The fourth-order valence-corrected chi connectivity index (χ4v) is 6.16. The molecule has 1 rings (SSSR count). The molecule has 1 heterocycles. The molecular weight excluding hydrogens is 484 g/mol. The lowest BCUT2D eigenvalue weighted by molar-refractivity contribution is -0.696. The minimum atomic E-state index is 0.889. The first-order chi connectivity index (χ1) is 19.7. The Labute approximate surface area is 253 Å². The number of imidazole rings is 1. The van der Waals surface area contributed by atoms with Crippen LogP contribution in [0.4, 0.5) is 0 Å². The molecule has 1 aromatic rings. The minimum Gasteiger partial charge on any atom is -0.237 e. The number of aryl methyl sites for hydroxylation is 2. The van der Waals surface area contributed by atoms with E-state index in [1.807, 2.05) is 0 Å². The lowest BCUT2D eigenvalue weighted by atomic mass is 10.0. The Morgan fingerprint density at radius 3 is 1.27 bits per heavy atom. The summed E-state index contributed by atoms with van der Waals surface area (Å²) in [5.74, 6) is 0.889. The van der Waals surface area contributed by atoms with E-state index < -0.39 is 0 Å². The van der Waals surface area contributed by atoms with Crippen molar-refractivity contribution in [2.45, 2.75) is 220 Å². The quantitative estimate of drug-likeness (QED) is 0.0613. The van der Waals surface area contributed by atoms with E-state index in [9.17, 15) is 0 Å². The maximum Gasteiger partial charge on any atom is 0.243 e. The van der Waals surface area contributed by atoms with Crippen molar-refractivity contribution in [1.29, 1.82) is 0 Å². The Balaban J connectivity index is 1.79. The predicted molar refractivity (Wildman–Crippen MR) is 179 cm³/mol. The van der Waals surface area contributed by atoms with Crippen molar-refractivity contribution in [3.63, 3.8) is 0 Å². The molecule has 236 valence electrons. The fraction of sp³-hybridized carbons (Fsp3) is 0.921. The van der Waals surface area contributed by atoms with Crippen LogP contribution >= 0.6 is 0 Å². The molecule has 2 heteroatoms. The van der Waals surface area contributed by atoms with Gasteiger partial charge < -0.3 is 0 Å². The smallest absolute Gasteiger partial charge is 0.237 e. The van der Waals surface area contributed by atoms with Crippen LogP contribution in [0.25, 0.3) is 0 Å². The van der Waals surface area contributed by atoms with Gasteiger partial charge in [0.05, 0.1) is 13.1 Å². The van der Waals surface area contributed by atoms with Crippen LogP contribution in [0.1, 0.15) is 207 Å². The van der Waals surface area contributed by atoms with Crippen molar-refractivity contribution < 1.29 is 4.57 Å². The second-order valence-electron chi connectivity index (χ2n) is 13.6. The van der Waals surface area contributed by atoms with Crippen LogP contribution in [-0.2, 0) is 13.1 Å². The number of aromatic nitrogens is 2. The standard InChI is InChI=1S/C38H75N2/c1-4-5-6-7-8-9-10-11-15-18-21-24-27-30-33-39-35-36-40(37-39)34-31-28-25-22-19-16-13-12-14-17-20-23-26-29-32-38(2)3/h35-38H,4-34H2,1-3H3/q+1. The Kier molecular flexibility index (Phi) is 27.6. The normalized spacial score (nSPS) is 11.7. The second-order valence-corrected chi connectivity index (χ2v) is 13.6. The topological polar surface area (TPSA) is 8.81 Å². The van der Waals surface area contributed by atoms with Crippen LogP contribution in [0.2, 0.25) is 0 Å². The Bertz CT molecular complexity index is 604. The summed E-state index contributed by atoms with van der Waals surface area (Å²) in [6.07, 6.45) is 48.7. The number of rotatable bonds is 32. The molecule has 0 atom stereocenters. The van der Waals surface area contributed by atoms with E-state index in [0.29, 0.717) is 0 Å². The van der Waals surface area contributed by atoms with Crippen molar-refractivity contribution in [2.24, 2.45) is 5.92 Å². The van der Waals surface area contributed by atoms with E-state index in [0.717, 1.165) is 5.92 Å². The van der Waals surface area contributed by atoms with Gasteiger partial charge in [0, 0.05) is 0 Å². The Morgan fingerprint density at radius 1 is 0.475 bits per heavy atom. The van der Waals surface area contributed by atoms with Crippen LogP contribution in [0.3, 0.4) is 0 Å². The molecule has 0 radical (unpaired) electrons. The van der Waals surface area contributed by atoms with Gasteiger partial charge in [-0.05, 0) is 31.6 Å². The Morgan fingerprint density at radius 2 is 0.850 bits per heavy atom. The van der Waals surface area contributed by atoms with E-state index in [1.54, 1.807) is 0 Å². The van der Waals surface area contributed by atoms with Gasteiger partial charge in [-0.15, -0.1) is 0 Å². The summed E-state index contributed by atoms with van der Waals surface area (Å²) in [5.41, 5.74) is 0. The molecule has 0 aliphatic carbocycles. The van der Waals surface area contributed by atoms with E-state index >= 15 is 0 Å². The molecule has 1 aromatic heterocycles. The van der Waals surface area contributed by atoms with Crippen molar-refractivity contribution in [3.05, 3.63) is 18.7 Å². The second kappa shape index (κ2) is 29.7. The third-order valence-corrected chi connectivity index (χ3v) is 8.96. The van der Waals surface area contributed by atoms with Crippen LogP contribution in [-0.4, -0.2) is 4.57 Å². The average molecular weight is 560 g/mol. The fourth-order valence-electron chi connectivity index (χ4n) is 6.16. The zero-order valence-corrected chi connectivity index (χ0v) is 28.1. The Hall–Kier alpha value is -0.790. The third kappa shape index (κ3) is 26.1. The van der Waals surface area contributed by atoms with Gasteiger partial charge in [-0.3, -0.25) is 0 Å². The predicted octanol–water partition coefficient (Wildman–Crippen LogP) is 12.8. The lowest BCUT2D eigenvalue weighted by Gasteiger charge is -2.05. The molecule has 0 saturated carbocycles. The number of hydrogen-bond acceptors (Lipinski definition) is 0. The van der Waals surface area contributed by atoms with Crippen LogP contribution in [0.5, 0.6) is 0 Å². The highest BCUT2D eigenvalue weighted by Crippen LogP contribution is 2.15. The first kappa shape index (κ1) is 37.2. The van der Waals surface area contributed by atoms with E-state index in [4.69, 9.17) is 0 Å². The first-order valence-corrected chi connectivity index (χ1v) is 18.8. The van der Waals surface area contributed by atoms with Gasteiger partial charge >= 0.3 is 0 Å². The first-order valence-electron chi connectivity index (χ1n) is 18.8. The summed E-state index contributed by atoms with van der Waals surface area (Å²) >= 11 is 0. The van der Waals surface area contributed by atoms with Gasteiger partial charge in [0.25, 0.3) is 0 Å². The summed E-state index contributed by atoms with van der Waals surface area (Å²) in [6.45, 7) is 9.39. The molecule has 0 aromatic carbocycles. The molecule has 0 saturated heterocycles. The molecule has 2 nitrogen and oxygen atoms in total. The molecule has 0 bridgehead atoms. The minimum absolute atomic E-state index is 0.889. The molecule has 0 aliphatic heterocycles. The zero-order valence-electron chi connectivity index (χ0n) is 28.1. The van der Waals surface area contributed by atoms with Crippen LogP contribution < -0.4 is 4.57 Å². The lowest BCUT2D eigenvalue weighted by Crippen LogP contribution is -2.30. The summed E-state index contributed by atoms with van der Waals surface area (Å²) in [6, 6.07) is 0. The summed E-state index contributed by atoms with van der Waals surface area (Å²) in [5, 5.41) is 0. The molecular formula is C38H75N2+. The summed E-state index contributed by atoms with van der Waals surface area (Å²) in [7, 11) is 0. The monoisotopic (exact) mass is 560 g/mol. The van der Waals surface area contributed by atoms with Crippen LogP contribution in [0, 0.1) is 5.92 Å². The average Bonchev–Trinajstić information content (AvgIpc) is 3.40. The van der Waals surface area contributed by atoms with Crippen molar-refractivity contribution in [1.82, 2.24) is 4.57 Å². The van der Waals surface area contributed by atoms with Crippen molar-refractivity contribution in [3.8, 4) is 0 Å². The maximum absolute atomic E-state index is 2.41. The van der Waals surface area contributed by atoms with Gasteiger partial charge in [-0.2, -0.15) is 0 Å². The number of hydrogen-bond donors (Lipinski definition) is 0. The number of unbranched alkanes of at least 4 members (excludes halogenated alkanes) is 26. The van der Waals surface area contributed by atoms with Gasteiger partial charge in [0.1, 0.15) is 12.4 Å². The number of nitrogens with zero attached hydrogens (tertiary/aromatic N) is 2. The maximum atomic E-state index is 2.41. The van der Waals surface area contributed by atoms with Crippen LogP contribution in [0.15, 0.2) is 18.7 Å². The molecule has 0 fully saturated rings. The summed E-state index contributed by atoms with van der Waals surface area (Å²) in [4.78, 5) is 0. The van der Waals surface area contributed by atoms with E-state index in [-0.39, 0.29) is 0 Å². The zero-order chi connectivity index (χ0) is 28.8. The van der Waals surface area contributed by atoms with Gasteiger partial charge in [-0.25, -0.2) is 9.13 Å². The highest BCUT2D eigenvalue weighted by Gasteiger charge is 2.04. The molecule has 0 unspecified atom stereocenters. The third-order valence-electron chi connectivity index (χ3n) is 8.96. The van der Waals surface area contributed by atoms with Gasteiger partial charge in [-0.1, -0.05) is 181 Å².